The molecule has 0 unspecified atom stereocenters. The lowest BCUT2D eigenvalue weighted by Crippen LogP contribution is -2.18. The van der Waals surface area contributed by atoms with Crippen molar-refractivity contribution in [1.82, 2.24) is 4.98 Å². The van der Waals surface area contributed by atoms with Gasteiger partial charge >= 0.3 is 0 Å². The molecule has 0 N–H and O–H groups in total. The van der Waals surface area contributed by atoms with Crippen LogP contribution in [0.15, 0.2) is 66.9 Å². The Morgan fingerprint density at radius 3 is 2.03 bits per heavy atom. The highest BCUT2D eigenvalue weighted by atomic mass is 14.7. The van der Waals surface area contributed by atoms with Crippen molar-refractivity contribution in [3.05, 3.63) is 89.1 Å². The van der Waals surface area contributed by atoms with Gasteiger partial charge in [-0.2, -0.15) is 0 Å². The van der Waals surface area contributed by atoms with Gasteiger partial charge in [-0.3, -0.25) is 4.98 Å². The molecule has 0 saturated carbocycles. The van der Waals surface area contributed by atoms with Crippen molar-refractivity contribution >= 4 is 10.8 Å². The lowest BCUT2D eigenvalue weighted by atomic mass is 9.77. The van der Waals surface area contributed by atoms with Gasteiger partial charge in [0.2, 0.25) is 0 Å². The first-order valence-corrected chi connectivity index (χ1v) is 12.1. The highest BCUT2D eigenvalue weighted by Crippen LogP contribution is 2.54. The molecule has 5 rings (SSSR count). The number of nitrogens with zero attached hydrogens (tertiary/aromatic N) is 1. The summed E-state index contributed by atoms with van der Waals surface area (Å²) in [6.07, 6.45) is 1.98. The molecule has 1 aliphatic rings. The smallest absolute Gasteiger partial charge is 0.0749 e. The molecule has 0 fully saturated rings. The van der Waals surface area contributed by atoms with Crippen LogP contribution in [0.3, 0.4) is 0 Å². The van der Waals surface area contributed by atoms with Crippen LogP contribution in [-0.4, -0.2) is 4.98 Å². The average molecular weight is 434 g/mol. The van der Waals surface area contributed by atoms with Gasteiger partial charge in [0.1, 0.15) is 0 Å². The fraction of sp³-hybridized carbons (Fsp3) is 0.344. The molecule has 1 aliphatic carbocycles. The summed E-state index contributed by atoms with van der Waals surface area (Å²) in [5.41, 5.74) is 10.6. The quantitative estimate of drug-likeness (QED) is 0.292. The molecule has 1 nitrogen and oxygen atoms in total. The number of pyridine rings is 1. The second-order valence-electron chi connectivity index (χ2n) is 12.2. The molecule has 0 saturated heterocycles. The maximum atomic E-state index is 4.95. The molecule has 0 bridgehead atoms. The Kier molecular flexibility index (Phi) is 4.67. The van der Waals surface area contributed by atoms with E-state index in [1.165, 1.54) is 49.7 Å². The molecule has 0 atom stereocenters. The highest BCUT2D eigenvalue weighted by molar-refractivity contribution is 5.99. The fourth-order valence-corrected chi connectivity index (χ4v) is 5.49. The highest BCUT2D eigenvalue weighted by Gasteiger charge is 2.39. The topological polar surface area (TPSA) is 12.9 Å². The van der Waals surface area contributed by atoms with E-state index in [4.69, 9.17) is 4.98 Å². The van der Waals surface area contributed by atoms with Gasteiger partial charge in [0, 0.05) is 17.2 Å². The zero-order valence-electron chi connectivity index (χ0n) is 21.3. The van der Waals surface area contributed by atoms with Gasteiger partial charge in [0.05, 0.1) is 5.69 Å². The predicted molar refractivity (Wildman–Crippen MR) is 142 cm³/mol. The Labute approximate surface area is 198 Å². The van der Waals surface area contributed by atoms with E-state index in [0.717, 1.165) is 5.69 Å². The Morgan fingerprint density at radius 1 is 0.667 bits per heavy atom. The second-order valence-corrected chi connectivity index (χ2v) is 12.2. The normalized spacial score (nSPS) is 14.9. The zero-order chi connectivity index (χ0) is 23.8. The van der Waals surface area contributed by atoms with Crippen molar-refractivity contribution in [2.45, 2.75) is 71.6 Å². The monoisotopic (exact) mass is 433 g/mol. The molecular weight excluding hydrogens is 398 g/mol. The van der Waals surface area contributed by atoms with Gasteiger partial charge in [-0.05, 0) is 67.1 Å². The third kappa shape index (κ3) is 3.41. The number of aromatic nitrogens is 1. The van der Waals surface area contributed by atoms with E-state index >= 15 is 0 Å². The molecule has 1 heterocycles. The summed E-state index contributed by atoms with van der Waals surface area (Å²) in [7, 11) is 0. The largest absolute Gasteiger partial charge is 0.256 e. The first-order valence-electron chi connectivity index (χ1n) is 12.1. The summed E-state index contributed by atoms with van der Waals surface area (Å²) >= 11 is 0. The molecule has 0 aliphatic heterocycles. The second kappa shape index (κ2) is 7.03. The number of fused-ring (bicyclic) bond motifs is 5. The molecule has 1 heteroatoms. The Balaban J connectivity index is 1.75. The van der Waals surface area contributed by atoms with E-state index in [9.17, 15) is 0 Å². The summed E-state index contributed by atoms with van der Waals surface area (Å²) in [6, 6.07) is 22.8. The van der Waals surface area contributed by atoms with Gasteiger partial charge in [0.25, 0.3) is 0 Å². The minimum Gasteiger partial charge on any atom is -0.256 e. The summed E-state index contributed by atoms with van der Waals surface area (Å²) in [5, 5.41) is 2.68. The van der Waals surface area contributed by atoms with Crippen LogP contribution in [0.5, 0.6) is 0 Å². The summed E-state index contributed by atoms with van der Waals surface area (Å²) in [6.45, 7) is 18.4. The number of benzene rings is 3. The molecule has 0 amide bonds. The average Bonchev–Trinajstić information content (AvgIpc) is 3.00. The van der Waals surface area contributed by atoms with Crippen molar-refractivity contribution in [2.75, 3.05) is 0 Å². The van der Waals surface area contributed by atoms with Gasteiger partial charge in [-0.15, -0.1) is 0 Å². The Hall–Kier alpha value is -2.93. The zero-order valence-corrected chi connectivity index (χ0v) is 21.3. The Bertz CT molecular complexity index is 1390. The van der Waals surface area contributed by atoms with E-state index < -0.39 is 0 Å². The van der Waals surface area contributed by atoms with Crippen molar-refractivity contribution in [3.8, 4) is 22.4 Å². The van der Waals surface area contributed by atoms with E-state index in [1.54, 1.807) is 0 Å². The van der Waals surface area contributed by atoms with Crippen molar-refractivity contribution in [2.24, 2.45) is 0 Å². The lowest BCUT2D eigenvalue weighted by Gasteiger charge is -2.26. The number of hydrogen-bond donors (Lipinski definition) is 0. The third-order valence-corrected chi connectivity index (χ3v) is 7.38. The first kappa shape index (κ1) is 21.9. The van der Waals surface area contributed by atoms with Crippen LogP contribution in [0.4, 0.5) is 0 Å². The molecule has 0 radical (unpaired) electrons. The predicted octanol–water partition coefficient (Wildman–Crippen LogP) is 8.80. The van der Waals surface area contributed by atoms with Crippen molar-refractivity contribution in [3.63, 3.8) is 0 Å². The molecule has 4 aromatic rings. The minimum atomic E-state index is -0.130. The first-order chi connectivity index (χ1) is 15.4. The van der Waals surface area contributed by atoms with Crippen LogP contribution >= 0.6 is 0 Å². The van der Waals surface area contributed by atoms with Crippen LogP contribution in [0.25, 0.3) is 33.2 Å². The summed E-state index contributed by atoms with van der Waals surface area (Å²) in [5.74, 6) is 0. The van der Waals surface area contributed by atoms with Crippen LogP contribution in [0, 0.1) is 0 Å². The molecule has 33 heavy (non-hydrogen) atoms. The summed E-state index contributed by atoms with van der Waals surface area (Å²) < 4.78 is 0. The van der Waals surface area contributed by atoms with Gasteiger partial charge in [0.15, 0.2) is 0 Å². The van der Waals surface area contributed by atoms with Crippen LogP contribution < -0.4 is 0 Å². The standard InChI is InChI=1S/C32H35N/c1-30(2,3)22-11-9-10-21(19-22)29-28-26(16-17-33-29)25-14-12-20-18-23(31(4,5)6)13-15-24(20)27(25)32(28,7)8/h9-19H,1-8H3. The van der Waals surface area contributed by atoms with Gasteiger partial charge < -0.3 is 0 Å². The minimum absolute atomic E-state index is 0.105. The molecular formula is C32H35N. The van der Waals surface area contributed by atoms with Gasteiger partial charge in [-0.1, -0.05) is 104 Å². The maximum absolute atomic E-state index is 4.95. The van der Waals surface area contributed by atoms with Crippen molar-refractivity contribution in [1.29, 1.82) is 0 Å². The van der Waals surface area contributed by atoms with Crippen LogP contribution in [0.1, 0.15) is 77.6 Å². The van der Waals surface area contributed by atoms with E-state index in [2.05, 4.69) is 116 Å². The molecule has 168 valence electrons. The maximum Gasteiger partial charge on any atom is 0.0749 e. The third-order valence-electron chi connectivity index (χ3n) is 7.38. The number of hydrogen-bond acceptors (Lipinski definition) is 1. The van der Waals surface area contributed by atoms with Crippen molar-refractivity contribution < 1.29 is 0 Å². The summed E-state index contributed by atoms with van der Waals surface area (Å²) in [4.78, 5) is 4.95. The van der Waals surface area contributed by atoms with E-state index in [0.29, 0.717) is 0 Å². The SMILES string of the molecule is CC(C)(C)c1cccc(-c2nccc3c2C(C)(C)c2c-3ccc3cc(C(C)(C)C)ccc23)c1. The number of rotatable bonds is 1. The van der Waals surface area contributed by atoms with E-state index in [1.807, 2.05) is 6.20 Å². The van der Waals surface area contributed by atoms with Gasteiger partial charge in [-0.25, -0.2) is 0 Å². The fourth-order valence-electron chi connectivity index (χ4n) is 5.49. The molecule has 1 aromatic heterocycles. The van der Waals surface area contributed by atoms with Crippen LogP contribution in [0.2, 0.25) is 0 Å². The lowest BCUT2D eigenvalue weighted by molar-refractivity contribution is 0.590. The van der Waals surface area contributed by atoms with E-state index in [-0.39, 0.29) is 16.2 Å². The van der Waals surface area contributed by atoms with Crippen LogP contribution in [-0.2, 0) is 16.2 Å². The molecule has 3 aromatic carbocycles. The Morgan fingerprint density at radius 2 is 1.33 bits per heavy atom. The molecule has 0 spiro atoms.